The zero-order chi connectivity index (χ0) is 7.11. The predicted molar refractivity (Wildman–Crippen MR) is 42.2 cm³/mol. The topological polar surface area (TPSA) is 52.3 Å². The van der Waals surface area contributed by atoms with Crippen LogP contribution in [0.15, 0.2) is 0 Å². The SMILES string of the molecule is CCCC(=O)OCCN.Cl. The molecule has 0 saturated heterocycles. The summed E-state index contributed by atoms with van der Waals surface area (Å²) in [6, 6.07) is 0. The predicted octanol–water partition coefficient (Wildman–Crippen LogP) is 0.710. The molecule has 0 bridgehead atoms. The summed E-state index contributed by atoms with van der Waals surface area (Å²) in [7, 11) is 0. The minimum Gasteiger partial charge on any atom is -0.464 e. The van der Waals surface area contributed by atoms with E-state index in [1.54, 1.807) is 0 Å². The van der Waals surface area contributed by atoms with Crippen LogP contribution in [0.2, 0.25) is 0 Å². The van der Waals surface area contributed by atoms with Crippen LogP contribution in [0.1, 0.15) is 19.8 Å². The number of halogens is 1. The molecule has 62 valence electrons. The van der Waals surface area contributed by atoms with Crippen LogP contribution >= 0.6 is 12.4 Å². The second-order valence-corrected chi connectivity index (χ2v) is 1.76. The molecule has 0 aliphatic rings. The molecule has 4 heteroatoms. The van der Waals surface area contributed by atoms with E-state index in [0.29, 0.717) is 19.6 Å². The van der Waals surface area contributed by atoms with Crippen LogP contribution in [0.5, 0.6) is 0 Å². The standard InChI is InChI=1S/C6H13NO2.ClH/c1-2-3-6(8)9-5-4-7;/h2-5,7H2,1H3;1H. The lowest BCUT2D eigenvalue weighted by atomic mass is 10.3. The summed E-state index contributed by atoms with van der Waals surface area (Å²) >= 11 is 0. The average Bonchev–Trinajstić information content (AvgIpc) is 1.85. The molecule has 0 spiro atoms. The van der Waals surface area contributed by atoms with Gasteiger partial charge in [0.05, 0.1) is 0 Å². The first kappa shape index (κ1) is 12.4. The molecular weight excluding hydrogens is 154 g/mol. The van der Waals surface area contributed by atoms with Gasteiger partial charge in [0.2, 0.25) is 0 Å². The van der Waals surface area contributed by atoms with E-state index in [1.165, 1.54) is 0 Å². The van der Waals surface area contributed by atoms with Crippen LogP contribution in [0.25, 0.3) is 0 Å². The van der Waals surface area contributed by atoms with Crippen LogP contribution in [-0.2, 0) is 9.53 Å². The highest BCUT2D eigenvalue weighted by Crippen LogP contribution is 1.89. The number of rotatable bonds is 4. The molecule has 0 aromatic rings. The van der Waals surface area contributed by atoms with E-state index in [1.807, 2.05) is 6.92 Å². The lowest BCUT2D eigenvalue weighted by molar-refractivity contribution is -0.143. The molecule has 0 atom stereocenters. The summed E-state index contributed by atoms with van der Waals surface area (Å²) in [6.07, 6.45) is 1.34. The van der Waals surface area contributed by atoms with Crippen LogP contribution in [0, 0.1) is 0 Å². The molecule has 0 aliphatic heterocycles. The van der Waals surface area contributed by atoms with Crippen LogP contribution in [0.3, 0.4) is 0 Å². The largest absolute Gasteiger partial charge is 0.464 e. The fourth-order valence-electron chi connectivity index (χ4n) is 0.449. The highest BCUT2D eigenvalue weighted by atomic mass is 35.5. The molecule has 0 unspecified atom stereocenters. The highest BCUT2D eigenvalue weighted by Gasteiger charge is 1.96. The van der Waals surface area contributed by atoms with Crippen molar-refractivity contribution in [1.82, 2.24) is 0 Å². The zero-order valence-corrected chi connectivity index (χ0v) is 6.95. The van der Waals surface area contributed by atoms with E-state index in [0.717, 1.165) is 6.42 Å². The Morgan fingerprint density at radius 1 is 1.60 bits per heavy atom. The van der Waals surface area contributed by atoms with Crippen LogP contribution in [-0.4, -0.2) is 19.1 Å². The van der Waals surface area contributed by atoms with Crippen molar-refractivity contribution in [3.63, 3.8) is 0 Å². The van der Waals surface area contributed by atoms with Gasteiger partial charge >= 0.3 is 5.97 Å². The quantitative estimate of drug-likeness (QED) is 0.628. The van der Waals surface area contributed by atoms with Crippen molar-refractivity contribution < 1.29 is 9.53 Å². The first-order valence-corrected chi connectivity index (χ1v) is 3.17. The summed E-state index contributed by atoms with van der Waals surface area (Å²) < 4.78 is 4.67. The van der Waals surface area contributed by atoms with Gasteiger partial charge < -0.3 is 10.5 Å². The van der Waals surface area contributed by atoms with E-state index in [-0.39, 0.29) is 18.4 Å². The summed E-state index contributed by atoms with van der Waals surface area (Å²) in [5, 5.41) is 0. The number of carbonyl (C=O) groups excluding carboxylic acids is 1. The van der Waals surface area contributed by atoms with Gasteiger partial charge in [-0.3, -0.25) is 4.79 Å². The van der Waals surface area contributed by atoms with Gasteiger partial charge in [0.15, 0.2) is 0 Å². The molecule has 0 aliphatic carbocycles. The zero-order valence-electron chi connectivity index (χ0n) is 6.13. The van der Waals surface area contributed by atoms with Gasteiger partial charge in [0, 0.05) is 13.0 Å². The van der Waals surface area contributed by atoms with E-state index in [9.17, 15) is 4.79 Å². The molecular formula is C6H14ClNO2. The van der Waals surface area contributed by atoms with Crippen molar-refractivity contribution in [2.45, 2.75) is 19.8 Å². The number of nitrogens with two attached hydrogens (primary N) is 1. The average molecular weight is 168 g/mol. The Labute approximate surface area is 67.3 Å². The smallest absolute Gasteiger partial charge is 0.305 e. The normalized spacial score (nSPS) is 8.20. The van der Waals surface area contributed by atoms with Gasteiger partial charge in [-0.2, -0.15) is 0 Å². The first-order chi connectivity index (χ1) is 4.31. The Morgan fingerprint density at radius 3 is 2.60 bits per heavy atom. The molecule has 0 amide bonds. The van der Waals surface area contributed by atoms with Crippen molar-refractivity contribution in [3.8, 4) is 0 Å². The molecule has 0 aromatic heterocycles. The van der Waals surface area contributed by atoms with E-state index in [4.69, 9.17) is 5.73 Å². The molecule has 0 rings (SSSR count). The summed E-state index contributed by atoms with van der Waals surface area (Å²) in [5.41, 5.74) is 5.10. The molecule has 0 heterocycles. The summed E-state index contributed by atoms with van der Waals surface area (Å²) in [6.45, 7) is 2.69. The van der Waals surface area contributed by atoms with Crippen molar-refractivity contribution in [1.29, 1.82) is 0 Å². The number of hydrogen-bond donors (Lipinski definition) is 1. The Morgan fingerprint density at radius 2 is 2.20 bits per heavy atom. The number of ether oxygens (including phenoxy) is 1. The fourth-order valence-corrected chi connectivity index (χ4v) is 0.449. The Bertz CT molecular complexity index is 87.8. The summed E-state index contributed by atoms with van der Waals surface area (Å²) in [5.74, 6) is -0.150. The Hall–Kier alpha value is -0.280. The lowest BCUT2D eigenvalue weighted by Gasteiger charge is -1.99. The molecule has 0 saturated carbocycles. The maximum absolute atomic E-state index is 10.5. The van der Waals surface area contributed by atoms with Crippen molar-refractivity contribution in [2.24, 2.45) is 5.73 Å². The van der Waals surface area contributed by atoms with E-state index >= 15 is 0 Å². The molecule has 3 nitrogen and oxygen atoms in total. The highest BCUT2D eigenvalue weighted by molar-refractivity contribution is 5.85. The third kappa shape index (κ3) is 7.72. The number of hydrogen-bond acceptors (Lipinski definition) is 3. The van der Waals surface area contributed by atoms with Gasteiger partial charge in [0.1, 0.15) is 6.61 Å². The van der Waals surface area contributed by atoms with Gasteiger partial charge in [-0.25, -0.2) is 0 Å². The van der Waals surface area contributed by atoms with Gasteiger partial charge in [-0.05, 0) is 6.42 Å². The Balaban J connectivity index is 0. The minimum absolute atomic E-state index is 0. The van der Waals surface area contributed by atoms with Gasteiger partial charge in [-0.15, -0.1) is 12.4 Å². The van der Waals surface area contributed by atoms with Crippen molar-refractivity contribution >= 4 is 18.4 Å². The van der Waals surface area contributed by atoms with Gasteiger partial charge in [0.25, 0.3) is 0 Å². The third-order valence-electron chi connectivity index (χ3n) is 0.835. The Kier molecular flexibility index (Phi) is 10.8. The number of carbonyl (C=O) groups is 1. The third-order valence-corrected chi connectivity index (χ3v) is 0.835. The second kappa shape index (κ2) is 8.72. The molecule has 0 radical (unpaired) electrons. The molecule has 2 N–H and O–H groups in total. The molecule has 0 aromatic carbocycles. The maximum Gasteiger partial charge on any atom is 0.305 e. The van der Waals surface area contributed by atoms with E-state index in [2.05, 4.69) is 4.74 Å². The van der Waals surface area contributed by atoms with E-state index < -0.39 is 0 Å². The van der Waals surface area contributed by atoms with Crippen molar-refractivity contribution in [3.05, 3.63) is 0 Å². The maximum atomic E-state index is 10.5. The minimum atomic E-state index is -0.150. The molecule has 10 heavy (non-hydrogen) atoms. The second-order valence-electron chi connectivity index (χ2n) is 1.76. The number of esters is 1. The van der Waals surface area contributed by atoms with Crippen LogP contribution < -0.4 is 5.73 Å². The van der Waals surface area contributed by atoms with Gasteiger partial charge in [-0.1, -0.05) is 6.92 Å². The fraction of sp³-hybridized carbons (Fsp3) is 0.833. The monoisotopic (exact) mass is 167 g/mol. The lowest BCUT2D eigenvalue weighted by Crippen LogP contribution is -2.12. The molecule has 0 fully saturated rings. The summed E-state index contributed by atoms with van der Waals surface area (Å²) in [4.78, 5) is 10.5. The van der Waals surface area contributed by atoms with Crippen molar-refractivity contribution in [2.75, 3.05) is 13.2 Å². The van der Waals surface area contributed by atoms with Crippen LogP contribution in [0.4, 0.5) is 0 Å². The first-order valence-electron chi connectivity index (χ1n) is 3.17.